The van der Waals surface area contributed by atoms with Crippen LogP contribution in [0.2, 0.25) is 0 Å². The molecule has 0 saturated heterocycles. The Labute approximate surface area is 110 Å². The average Bonchev–Trinajstić information content (AvgIpc) is 2.29. The van der Waals surface area contributed by atoms with Crippen LogP contribution in [0.3, 0.4) is 0 Å². The molecule has 0 saturated carbocycles. The van der Waals surface area contributed by atoms with Gasteiger partial charge in [-0.05, 0) is 25.1 Å². The molecular weight excluding hydrogens is 284 g/mol. The highest BCUT2D eigenvalue weighted by molar-refractivity contribution is 9.10. The SMILES string of the molecule is CCNC(=O)CNCCOc1cccc(Br)c1. The lowest BCUT2D eigenvalue weighted by Gasteiger charge is -2.07. The van der Waals surface area contributed by atoms with Gasteiger partial charge in [0.1, 0.15) is 12.4 Å². The highest BCUT2D eigenvalue weighted by atomic mass is 79.9. The fraction of sp³-hybridized carbons (Fsp3) is 0.417. The van der Waals surface area contributed by atoms with E-state index in [4.69, 9.17) is 4.74 Å². The van der Waals surface area contributed by atoms with Gasteiger partial charge in [-0.2, -0.15) is 0 Å². The van der Waals surface area contributed by atoms with E-state index in [-0.39, 0.29) is 5.91 Å². The molecule has 0 aliphatic carbocycles. The lowest BCUT2D eigenvalue weighted by molar-refractivity contribution is -0.120. The summed E-state index contributed by atoms with van der Waals surface area (Å²) in [7, 11) is 0. The molecule has 1 rings (SSSR count). The lowest BCUT2D eigenvalue weighted by atomic mass is 10.3. The number of halogens is 1. The maximum absolute atomic E-state index is 11.1. The van der Waals surface area contributed by atoms with Crippen molar-refractivity contribution in [2.45, 2.75) is 6.92 Å². The first kappa shape index (κ1) is 14.0. The second-order valence-electron chi connectivity index (χ2n) is 3.44. The predicted molar refractivity (Wildman–Crippen MR) is 71.2 cm³/mol. The van der Waals surface area contributed by atoms with Crippen LogP contribution in [-0.2, 0) is 4.79 Å². The second-order valence-corrected chi connectivity index (χ2v) is 4.35. The maximum Gasteiger partial charge on any atom is 0.233 e. The number of benzene rings is 1. The molecule has 0 spiro atoms. The van der Waals surface area contributed by atoms with Crippen LogP contribution < -0.4 is 15.4 Å². The number of carbonyl (C=O) groups is 1. The summed E-state index contributed by atoms with van der Waals surface area (Å²) in [4.78, 5) is 11.1. The minimum Gasteiger partial charge on any atom is -0.492 e. The van der Waals surface area contributed by atoms with Crippen LogP contribution in [-0.4, -0.2) is 32.1 Å². The Morgan fingerprint density at radius 2 is 2.29 bits per heavy atom. The Hall–Kier alpha value is -1.07. The van der Waals surface area contributed by atoms with Crippen LogP contribution in [0.15, 0.2) is 28.7 Å². The van der Waals surface area contributed by atoms with Crippen molar-refractivity contribution >= 4 is 21.8 Å². The topological polar surface area (TPSA) is 50.4 Å². The minimum absolute atomic E-state index is 0.00922. The molecule has 94 valence electrons. The summed E-state index contributed by atoms with van der Waals surface area (Å²) < 4.78 is 6.50. The first-order valence-corrected chi connectivity index (χ1v) is 6.37. The van der Waals surface area contributed by atoms with E-state index in [1.165, 1.54) is 0 Å². The molecule has 2 N–H and O–H groups in total. The van der Waals surface area contributed by atoms with Crippen LogP contribution in [0.25, 0.3) is 0 Å². The van der Waals surface area contributed by atoms with Crippen LogP contribution in [0.4, 0.5) is 0 Å². The summed E-state index contributed by atoms with van der Waals surface area (Å²) in [6.07, 6.45) is 0. The number of rotatable bonds is 7. The largest absolute Gasteiger partial charge is 0.492 e. The molecule has 0 unspecified atom stereocenters. The molecule has 0 atom stereocenters. The van der Waals surface area contributed by atoms with E-state index < -0.39 is 0 Å². The van der Waals surface area contributed by atoms with Crippen molar-refractivity contribution in [1.82, 2.24) is 10.6 Å². The van der Waals surface area contributed by atoms with Crippen molar-refractivity contribution in [3.05, 3.63) is 28.7 Å². The van der Waals surface area contributed by atoms with Crippen molar-refractivity contribution < 1.29 is 9.53 Å². The van der Waals surface area contributed by atoms with Gasteiger partial charge in [-0.1, -0.05) is 22.0 Å². The van der Waals surface area contributed by atoms with Gasteiger partial charge in [-0.3, -0.25) is 4.79 Å². The standard InChI is InChI=1S/C12H17BrN2O2/c1-2-15-12(16)9-14-6-7-17-11-5-3-4-10(13)8-11/h3-5,8,14H,2,6-7,9H2,1H3,(H,15,16). The van der Waals surface area contributed by atoms with E-state index in [9.17, 15) is 4.79 Å². The summed E-state index contributed by atoms with van der Waals surface area (Å²) in [5, 5.41) is 5.72. The number of carbonyl (C=O) groups excluding carboxylic acids is 1. The molecule has 17 heavy (non-hydrogen) atoms. The highest BCUT2D eigenvalue weighted by Crippen LogP contribution is 2.17. The van der Waals surface area contributed by atoms with Crippen molar-refractivity contribution in [1.29, 1.82) is 0 Å². The molecule has 0 aliphatic rings. The molecule has 0 radical (unpaired) electrons. The summed E-state index contributed by atoms with van der Waals surface area (Å²) in [5.74, 6) is 0.828. The third-order valence-electron chi connectivity index (χ3n) is 2.00. The maximum atomic E-state index is 11.1. The lowest BCUT2D eigenvalue weighted by Crippen LogP contribution is -2.35. The molecule has 0 aliphatic heterocycles. The van der Waals surface area contributed by atoms with Gasteiger partial charge in [-0.25, -0.2) is 0 Å². The first-order chi connectivity index (χ1) is 8.22. The number of hydrogen-bond acceptors (Lipinski definition) is 3. The Balaban J connectivity index is 2.10. The zero-order chi connectivity index (χ0) is 12.5. The monoisotopic (exact) mass is 300 g/mol. The molecule has 0 fully saturated rings. The van der Waals surface area contributed by atoms with E-state index in [0.717, 1.165) is 10.2 Å². The Bertz CT molecular complexity index is 358. The van der Waals surface area contributed by atoms with Crippen molar-refractivity contribution in [2.24, 2.45) is 0 Å². The first-order valence-electron chi connectivity index (χ1n) is 5.58. The number of likely N-dealkylation sites (N-methyl/N-ethyl adjacent to an activating group) is 1. The summed E-state index contributed by atoms with van der Waals surface area (Å²) in [5.41, 5.74) is 0. The zero-order valence-electron chi connectivity index (χ0n) is 9.83. The molecule has 1 amide bonds. The van der Waals surface area contributed by atoms with E-state index in [2.05, 4.69) is 26.6 Å². The Morgan fingerprint density at radius 3 is 3.00 bits per heavy atom. The molecular formula is C12H17BrN2O2. The predicted octanol–water partition coefficient (Wildman–Crippen LogP) is 1.55. The quantitative estimate of drug-likeness (QED) is 0.751. The van der Waals surface area contributed by atoms with Crippen molar-refractivity contribution in [3.8, 4) is 5.75 Å². The fourth-order valence-corrected chi connectivity index (χ4v) is 1.64. The van der Waals surface area contributed by atoms with Gasteiger partial charge in [-0.15, -0.1) is 0 Å². The summed E-state index contributed by atoms with van der Waals surface area (Å²) in [6, 6.07) is 7.67. The van der Waals surface area contributed by atoms with Crippen molar-refractivity contribution in [2.75, 3.05) is 26.2 Å². The Morgan fingerprint density at radius 1 is 1.47 bits per heavy atom. The third-order valence-corrected chi connectivity index (χ3v) is 2.50. The van der Waals surface area contributed by atoms with Gasteiger partial charge < -0.3 is 15.4 Å². The van der Waals surface area contributed by atoms with Gasteiger partial charge in [0.2, 0.25) is 5.91 Å². The van der Waals surface area contributed by atoms with Crippen molar-refractivity contribution in [3.63, 3.8) is 0 Å². The third kappa shape index (κ3) is 6.28. The van der Waals surface area contributed by atoms with E-state index >= 15 is 0 Å². The van der Waals surface area contributed by atoms with Crippen LogP contribution >= 0.6 is 15.9 Å². The van der Waals surface area contributed by atoms with E-state index in [0.29, 0.717) is 26.2 Å². The average molecular weight is 301 g/mol. The molecule has 1 aromatic rings. The van der Waals surface area contributed by atoms with Gasteiger partial charge >= 0.3 is 0 Å². The molecule has 1 aromatic carbocycles. The Kier molecular flexibility index (Phi) is 6.65. The summed E-state index contributed by atoms with van der Waals surface area (Å²) in [6.45, 7) is 4.07. The number of amides is 1. The molecule has 4 nitrogen and oxygen atoms in total. The van der Waals surface area contributed by atoms with Gasteiger partial charge in [0.05, 0.1) is 6.54 Å². The van der Waals surface area contributed by atoms with E-state index in [1.807, 2.05) is 31.2 Å². The smallest absolute Gasteiger partial charge is 0.233 e. The van der Waals surface area contributed by atoms with Gasteiger partial charge in [0, 0.05) is 17.6 Å². The van der Waals surface area contributed by atoms with Crippen LogP contribution in [0, 0.1) is 0 Å². The summed E-state index contributed by atoms with van der Waals surface area (Å²) >= 11 is 3.37. The molecule has 5 heteroatoms. The normalized spacial score (nSPS) is 10.0. The van der Waals surface area contributed by atoms with Gasteiger partial charge in [0.25, 0.3) is 0 Å². The number of ether oxygens (including phenoxy) is 1. The highest BCUT2D eigenvalue weighted by Gasteiger charge is 1.98. The molecule has 0 bridgehead atoms. The van der Waals surface area contributed by atoms with Crippen LogP contribution in [0.1, 0.15) is 6.92 Å². The minimum atomic E-state index is 0.00922. The molecule has 0 aromatic heterocycles. The van der Waals surface area contributed by atoms with E-state index in [1.54, 1.807) is 0 Å². The second kappa shape index (κ2) is 8.08. The van der Waals surface area contributed by atoms with Crippen LogP contribution in [0.5, 0.6) is 5.75 Å². The zero-order valence-corrected chi connectivity index (χ0v) is 11.4. The van der Waals surface area contributed by atoms with Gasteiger partial charge in [0.15, 0.2) is 0 Å². The number of nitrogens with one attached hydrogen (secondary N) is 2. The fourth-order valence-electron chi connectivity index (χ4n) is 1.26. The molecule has 0 heterocycles. The number of hydrogen-bond donors (Lipinski definition) is 2.